The Morgan fingerprint density at radius 2 is 1.65 bits per heavy atom. The fourth-order valence-electron chi connectivity index (χ4n) is 6.25. The average molecular weight is 624 g/mol. The lowest BCUT2D eigenvalue weighted by Gasteiger charge is -2.51. The lowest BCUT2D eigenvalue weighted by molar-refractivity contribution is -0.306. The zero-order valence-corrected chi connectivity index (χ0v) is 24.4. The van der Waals surface area contributed by atoms with Gasteiger partial charge in [-0.3, -0.25) is 4.79 Å². The third kappa shape index (κ3) is 8.99. The number of hydrogen-bond donors (Lipinski definition) is 13. The molecule has 0 spiro atoms. The second-order valence-electron chi connectivity index (χ2n) is 11.8. The highest BCUT2D eigenvalue weighted by atomic mass is 16.7. The van der Waals surface area contributed by atoms with Gasteiger partial charge < -0.3 is 84.2 Å². The molecule has 252 valence electrons. The maximum atomic E-state index is 12.8. The topological polar surface area (TPSA) is 320 Å². The first-order valence-electron chi connectivity index (χ1n) is 15.1. The van der Waals surface area contributed by atoms with E-state index in [4.69, 9.17) is 42.9 Å². The predicted octanol–water partition coefficient (Wildman–Crippen LogP) is -6.79. The number of aliphatic hydroxyl groups excluding tert-OH is 6. The van der Waals surface area contributed by atoms with E-state index in [1.165, 1.54) is 0 Å². The summed E-state index contributed by atoms with van der Waals surface area (Å²) in [5, 5.41) is 69.0. The molecular formula is C26H53N7O10. The first kappa shape index (κ1) is 36.3. The van der Waals surface area contributed by atoms with Crippen LogP contribution < -0.4 is 39.3 Å². The van der Waals surface area contributed by atoms with E-state index in [9.17, 15) is 35.4 Å². The molecule has 3 fully saturated rings. The van der Waals surface area contributed by atoms with Crippen molar-refractivity contribution in [3.8, 4) is 0 Å². The van der Waals surface area contributed by atoms with E-state index in [-0.39, 0.29) is 44.6 Å². The molecule has 2 aliphatic heterocycles. The Morgan fingerprint density at radius 1 is 0.953 bits per heavy atom. The van der Waals surface area contributed by atoms with Gasteiger partial charge in [0, 0.05) is 31.1 Å². The number of rotatable bonds is 14. The van der Waals surface area contributed by atoms with Crippen LogP contribution in [0.2, 0.25) is 0 Å². The summed E-state index contributed by atoms with van der Waals surface area (Å²) in [6, 6.07) is -3.27. The molecule has 0 bridgehead atoms. The summed E-state index contributed by atoms with van der Waals surface area (Å²) in [6.07, 6.45) is -9.68. The summed E-state index contributed by atoms with van der Waals surface area (Å²) in [6.45, 7) is 0.223. The SMILES string of the molecule is NCCC(O)CNC1CCC(CN)OC1C1C(N)CC(NC(=O)C(O)CCN)C(OC2OC(CO)C(O)C(N)C2O)C1O. The van der Waals surface area contributed by atoms with Gasteiger partial charge in [-0.05, 0) is 45.2 Å². The number of carbonyl (C=O) groups is 1. The zero-order valence-electron chi connectivity index (χ0n) is 24.4. The minimum atomic E-state index is -1.55. The summed E-state index contributed by atoms with van der Waals surface area (Å²) in [5.74, 6) is -1.53. The third-order valence-corrected chi connectivity index (χ3v) is 8.75. The molecule has 0 aromatic heterocycles. The maximum absolute atomic E-state index is 12.8. The number of nitrogens with one attached hydrogen (secondary N) is 2. The van der Waals surface area contributed by atoms with Crippen LogP contribution >= 0.6 is 0 Å². The Kier molecular flexibility index (Phi) is 14.3. The van der Waals surface area contributed by atoms with Crippen molar-refractivity contribution < 1.29 is 49.6 Å². The molecule has 2 saturated heterocycles. The molecule has 1 aliphatic carbocycles. The van der Waals surface area contributed by atoms with E-state index >= 15 is 0 Å². The van der Waals surface area contributed by atoms with Crippen LogP contribution in [0.5, 0.6) is 0 Å². The van der Waals surface area contributed by atoms with Crippen molar-refractivity contribution in [3.63, 3.8) is 0 Å². The number of aliphatic hydroxyl groups is 6. The standard InChI is InChI=1S/C26H53N7O10/c27-5-3-11(35)9-32-14-2-1-12(8-29)41-23(14)18-13(30)7-15(33-25(40)16(36)4-6-28)24(21(18)38)43-26-22(39)19(31)20(37)17(10-34)42-26/h11-24,26,32,34-39H,1-10,27-31H2,(H,33,40). The van der Waals surface area contributed by atoms with E-state index < -0.39 is 91.7 Å². The highest BCUT2D eigenvalue weighted by Gasteiger charge is 2.53. The van der Waals surface area contributed by atoms with Gasteiger partial charge in [-0.25, -0.2) is 0 Å². The van der Waals surface area contributed by atoms with Gasteiger partial charge >= 0.3 is 0 Å². The van der Waals surface area contributed by atoms with Crippen LogP contribution in [-0.4, -0.2) is 155 Å². The van der Waals surface area contributed by atoms with Crippen molar-refractivity contribution in [3.05, 3.63) is 0 Å². The summed E-state index contributed by atoms with van der Waals surface area (Å²) < 4.78 is 18.0. The molecule has 0 aromatic rings. The van der Waals surface area contributed by atoms with E-state index in [2.05, 4.69) is 10.6 Å². The summed E-state index contributed by atoms with van der Waals surface area (Å²) in [4.78, 5) is 12.8. The van der Waals surface area contributed by atoms with Crippen LogP contribution in [0.3, 0.4) is 0 Å². The second-order valence-corrected chi connectivity index (χ2v) is 11.8. The number of carbonyl (C=O) groups excluding carboxylic acids is 1. The van der Waals surface area contributed by atoms with Gasteiger partial charge in [-0.15, -0.1) is 0 Å². The van der Waals surface area contributed by atoms with Crippen LogP contribution in [0, 0.1) is 5.92 Å². The number of nitrogens with two attached hydrogens (primary N) is 5. The van der Waals surface area contributed by atoms with E-state index in [1.54, 1.807) is 0 Å². The Labute approximate surface area is 251 Å². The highest BCUT2D eigenvalue weighted by Crippen LogP contribution is 2.37. The van der Waals surface area contributed by atoms with Crippen molar-refractivity contribution in [2.45, 2.75) is 117 Å². The van der Waals surface area contributed by atoms with E-state index in [1.807, 2.05) is 0 Å². The van der Waals surface area contributed by atoms with Gasteiger partial charge in [0.2, 0.25) is 5.91 Å². The number of hydrogen-bond acceptors (Lipinski definition) is 16. The van der Waals surface area contributed by atoms with Crippen molar-refractivity contribution in [2.24, 2.45) is 34.6 Å². The van der Waals surface area contributed by atoms with Gasteiger partial charge in [-0.2, -0.15) is 0 Å². The predicted molar refractivity (Wildman–Crippen MR) is 153 cm³/mol. The molecule has 17 heteroatoms. The monoisotopic (exact) mass is 623 g/mol. The van der Waals surface area contributed by atoms with Crippen LogP contribution in [0.4, 0.5) is 0 Å². The van der Waals surface area contributed by atoms with Gasteiger partial charge in [0.25, 0.3) is 0 Å². The summed E-state index contributed by atoms with van der Waals surface area (Å²) >= 11 is 0. The summed E-state index contributed by atoms with van der Waals surface area (Å²) in [5.41, 5.74) is 29.6. The maximum Gasteiger partial charge on any atom is 0.249 e. The van der Waals surface area contributed by atoms with Gasteiger partial charge in [-0.1, -0.05) is 0 Å². The smallest absolute Gasteiger partial charge is 0.249 e. The molecule has 15 unspecified atom stereocenters. The van der Waals surface area contributed by atoms with Crippen LogP contribution in [-0.2, 0) is 19.0 Å². The average Bonchev–Trinajstić information content (AvgIpc) is 2.98. The first-order chi connectivity index (χ1) is 20.5. The molecule has 43 heavy (non-hydrogen) atoms. The third-order valence-electron chi connectivity index (χ3n) is 8.75. The van der Waals surface area contributed by atoms with Crippen molar-refractivity contribution in [1.29, 1.82) is 0 Å². The number of ether oxygens (including phenoxy) is 3. The Bertz CT molecular complexity index is 850. The van der Waals surface area contributed by atoms with Gasteiger partial charge in [0.05, 0.1) is 43.1 Å². The van der Waals surface area contributed by atoms with E-state index in [0.29, 0.717) is 25.8 Å². The van der Waals surface area contributed by atoms with Gasteiger partial charge in [0.1, 0.15) is 30.5 Å². The fourth-order valence-corrected chi connectivity index (χ4v) is 6.25. The summed E-state index contributed by atoms with van der Waals surface area (Å²) in [7, 11) is 0. The van der Waals surface area contributed by atoms with E-state index in [0.717, 1.165) is 0 Å². The molecule has 3 rings (SSSR count). The molecule has 1 saturated carbocycles. The minimum Gasteiger partial charge on any atom is -0.394 e. The minimum absolute atomic E-state index is 0.00354. The molecule has 15 atom stereocenters. The quantitative estimate of drug-likeness (QED) is 0.0854. The molecule has 0 aromatic carbocycles. The fraction of sp³-hybridized carbons (Fsp3) is 0.962. The molecular weight excluding hydrogens is 570 g/mol. The molecule has 17 nitrogen and oxygen atoms in total. The lowest BCUT2D eigenvalue weighted by Crippen LogP contribution is -2.69. The largest absolute Gasteiger partial charge is 0.394 e. The van der Waals surface area contributed by atoms with Crippen LogP contribution in [0.1, 0.15) is 32.1 Å². The van der Waals surface area contributed by atoms with Crippen LogP contribution in [0.25, 0.3) is 0 Å². The Hall–Kier alpha value is -1.13. The normalized spacial score (nSPS) is 41.9. The molecule has 0 radical (unpaired) electrons. The molecule has 18 N–H and O–H groups in total. The highest BCUT2D eigenvalue weighted by molar-refractivity contribution is 5.80. The first-order valence-corrected chi connectivity index (χ1v) is 15.1. The lowest BCUT2D eigenvalue weighted by atomic mass is 9.72. The van der Waals surface area contributed by atoms with Gasteiger partial charge in [0.15, 0.2) is 6.29 Å². The Morgan fingerprint density at radius 3 is 2.28 bits per heavy atom. The molecule has 1 amide bonds. The molecule has 2 heterocycles. The van der Waals surface area contributed by atoms with Crippen LogP contribution in [0.15, 0.2) is 0 Å². The van der Waals surface area contributed by atoms with Crippen molar-refractivity contribution in [1.82, 2.24) is 10.6 Å². The second kappa shape index (κ2) is 17.0. The number of amides is 1. The molecule has 3 aliphatic rings. The Balaban J connectivity index is 1.90. The van der Waals surface area contributed by atoms with Crippen molar-refractivity contribution in [2.75, 3.05) is 32.8 Å². The zero-order chi connectivity index (χ0) is 31.8. The van der Waals surface area contributed by atoms with Crippen molar-refractivity contribution >= 4 is 5.91 Å².